The fraction of sp³-hybridized carbons (Fsp3) is 0.600. The number of anilines is 1. The van der Waals surface area contributed by atoms with Crippen molar-refractivity contribution < 1.29 is 34.1 Å². The maximum absolute atomic E-state index is 14.2. The Hall–Kier alpha value is -2.74. The average Bonchev–Trinajstić information content (AvgIpc) is 3.46. The van der Waals surface area contributed by atoms with Crippen LogP contribution < -0.4 is 10.4 Å². The average molecular weight is 772 g/mol. The zero-order valence-corrected chi connectivity index (χ0v) is 32.6. The van der Waals surface area contributed by atoms with Gasteiger partial charge in [0.1, 0.15) is 17.2 Å². The number of halogens is 2. The van der Waals surface area contributed by atoms with Gasteiger partial charge in [0.15, 0.2) is 18.4 Å². The minimum absolute atomic E-state index is 0.0402. The molecule has 3 N–H and O–H groups in total. The number of fused-ring (bicyclic) bond motifs is 4. The van der Waals surface area contributed by atoms with Gasteiger partial charge in [-0.2, -0.15) is 0 Å². The number of nitrogens with zero attached hydrogens (tertiary/aromatic N) is 3. The molecule has 2 aromatic rings. The Labute approximate surface area is 322 Å². The maximum Gasteiger partial charge on any atom is 0.323 e. The lowest BCUT2D eigenvalue weighted by Crippen LogP contribution is -2.66. The number of piperazine rings is 1. The number of hydroxylamine groups is 1. The molecule has 1 saturated carbocycles. The molecule has 13 heteroatoms. The molecule has 2 saturated heterocycles. The van der Waals surface area contributed by atoms with E-state index in [1.807, 2.05) is 26.0 Å². The van der Waals surface area contributed by atoms with Gasteiger partial charge in [-0.05, 0) is 66.9 Å². The third kappa shape index (κ3) is 7.24. The molecule has 7 rings (SSSR count). The first-order chi connectivity index (χ1) is 25.2. The highest BCUT2D eigenvalue weighted by molar-refractivity contribution is 6.33. The van der Waals surface area contributed by atoms with Crippen LogP contribution in [0.5, 0.6) is 0 Å². The van der Waals surface area contributed by atoms with Gasteiger partial charge < -0.3 is 24.6 Å². The Morgan fingerprint density at radius 3 is 2.43 bits per heavy atom. The summed E-state index contributed by atoms with van der Waals surface area (Å²) in [6, 6.07) is 12.3. The first kappa shape index (κ1) is 38.5. The number of ether oxygens (including phenoxy) is 2. The van der Waals surface area contributed by atoms with Crippen LogP contribution in [-0.2, 0) is 36.0 Å². The molecule has 3 aliphatic heterocycles. The molecule has 0 aromatic heterocycles. The Balaban J connectivity index is 1.08. The summed E-state index contributed by atoms with van der Waals surface area (Å²) < 4.78 is 12.2. The molecule has 2 aliphatic carbocycles. The largest absolute Gasteiger partial charge is 0.454 e. The van der Waals surface area contributed by atoms with Crippen molar-refractivity contribution in [1.29, 1.82) is 0 Å². The van der Waals surface area contributed by atoms with E-state index >= 15 is 0 Å². The summed E-state index contributed by atoms with van der Waals surface area (Å²) in [7, 11) is 1.69. The summed E-state index contributed by atoms with van der Waals surface area (Å²) in [5.74, 6) is -1.42. The predicted molar refractivity (Wildman–Crippen MR) is 202 cm³/mol. The van der Waals surface area contributed by atoms with Crippen LogP contribution in [0.3, 0.4) is 0 Å². The number of aliphatic hydroxyl groups is 2. The van der Waals surface area contributed by atoms with Crippen molar-refractivity contribution >= 4 is 40.8 Å². The fourth-order valence-corrected chi connectivity index (χ4v) is 10.1. The summed E-state index contributed by atoms with van der Waals surface area (Å²) >= 11 is 12.6. The molecule has 0 bridgehead atoms. The summed E-state index contributed by atoms with van der Waals surface area (Å²) in [6.07, 6.45) is 0.612. The summed E-state index contributed by atoms with van der Waals surface area (Å²) in [5.41, 5.74) is 0.00821. The van der Waals surface area contributed by atoms with Crippen LogP contribution >= 0.6 is 23.2 Å². The normalized spacial score (nSPS) is 35.1. The molecule has 0 spiro atoms. The third-order valence-electron chi connectivity index (χ3n) is 12.6. The Bertz CT molecular complexity index is 1720. The van der Waals surface area contributed by atoms with E-state index in [1.165, 1.54) is 17.6 Å². The third-order valence-corrected chi connectivity index (χ3v) is 13.1. The van der Waals surface area contributed by atoms with E-state index in [1.54, 1.807) is 25.2 Å². The molecule has 3 heterocycles. The van der Waals surface area contributed by atoms with Crippen LogP contribution in [0.4, 0.5) is 5.69 Å². The molecule has 11 nitrogen and oxygen atoms in total. The Kier molecular flexibility index (Phi) is 11.0. The number of carbonyl (C=O) groups is 2. The lowest BCUT2D eigenvalue weighted by molar-refractivity contribution is -0.225. The highest BCUT2D eigenvalue weighted by Crippen LogP contribution is 2.53. The smallest absolute Gasteiger partial charge is 0.323 e. The number of benzene rings is 2. The number of hydrogen-bond acceptors (Lipinski definition) is 11. The molecule has 0 amide bonds. The highest BCUT2D eigenvalue weighted by Gasteiger charge is 2.62. The van der Waals surface area contributed by atoms with Crippen molar-refractivity contribution in [2.45, 2.75) is 89.2 Å². The number of rotatable bonds is 8. The van der Waals surface area contributed by atoms with Gasteiger partial charge in [-0.25, -0.2) is 0 Å². The van der Waals surface area contributed by atoms with Gasteiger partial charge in [0.05, 0.1) is 10.7 Å². The van der Waals surface area contributed by atoms with Gasteiger partial charge in [-0.15, -0.1) is 0 Å². The van der Waals surface area contributed by atoms with E-state index < -0.39 is 47.6 Å². The molecule has 2 aromatic carbocycles. The SMILES string of the molecule is CC(=O)O[C@@H]1C(C)=C[C@@H]2[C@H](C(C)CN3CCN(Cc4ccc(Cl)cc4)CC3)CC[C@@H](C)[C@]2(O)[C@H]1OC(=O)[C@@H]1C[C@@]2(O)c3cccc(Cl)c3N(C)O[C@H]2N1. The monoisotopic (exact) mass is 770 g/mol. The standard InChI is InChI=1S/C40H52Cl2N4O7/c1-23-19-31-29(24(2)21-45-15-17-46(18-16-45)22-27-10-12-28(41)13-11-27)14-9-25(3)40(31,50)36(35(23)51-26(4)47)52-37(48)33-20-39(49)30-7-6-8-32(42)34(30)44(5)53-38(39)43-33/h6-8,10-13,19,24-25,29,31,33,35-36,38,43,49-50H,9,14-18,20-22H2,1-5H3/t24?,25-,29+,31-,33+,35-,36+,38-,39-,40-/m1/s1. The van der Waals surface area contributed by atoms with Gasteiger partial charge in [-0.3, -0.25) is 29.7 Å². The second-order valence-corrected chi connectivity index (χ2v) is 16.8. The van der Waals surface area contributed by atoms with Gasteiger partial charge in [0.25, 0.3) is 0 Å². The van der Waals surface area contributed by atoms with Gasteiger partial charge in [0.2, 0.25) is 0 Å². The minimum atomic E-state index is -1.56. The summed E-state index contributed by atoms with van der Waals surface area (Å²) in [6.45, 7) is 13.1. The van der Waals surface area contributed by atoms with E-state index in [0.29, 0.717) is 16.3 Å². The fourth-order valence-electron chi connectivity index (χ4n) is 9.68. The first-order valence-corrected chi connectivity index (χ1v) is 19.6. The number of hydrogen-bond donors (Lipinski definition) is 3. The van der Waals surface area contributed by atoms with Crippen LogP contribution in [-0.4, -0.2) is 102 Å². The molecule has 288 valence electrons. The van der Waals surface area contributed by atoms with E-state index in [4.69, 9.17) is 37.5 Å². The van der Waals surface area contributed by atoms with Gasteiger partial charge in [-0.1, -0.05) is 67.4 Å². The van der Waals surface area contributed by atoms with Gasteiger partial charge in [0, 0.05) is 76.2 Å². The van der Waals surface area contributed by atoms with Crippen molar-refractivity contribution in [3.8, 4) is 0 Å². The first-order valence-electron chi connectivity index (χ1n) is 18.8. The summed E-state index contributed by atoms with van der Waals surface area (Å²) in [4.78, 5) is 37.6. The van der Waals surface area contributed by atoms with Crippen molar-refractivity contribution in [3.05, 3.63) is 75.3 Å². The molecule has 0 radical (unpaired) electrons. The minimum Gasteiger partial charge on any atom is -0.454 e. The highest BCUT2D eigenvalue weighted by atomic mass is 35.5. The molecular formula is C40H52Cl2N4O7. The number of carbonyl (C=O) groups excluding carboxylic acids is 2. The van der Waals surface area contributed by atoms with Crippen molar-refractivity contribution in [1.82, 2.24) is 15.1 Å². The topological polar surface area (TPSA) is 124 Å². The molecule has 3 fully saturated rings. The second kappa shape index (κ2) is 15.1. The zero-order valence-electron chi connectivity index (χ0n) is 31.1. The molecule has 5 aliphatic rings. The lowest BCUT2D eigenvalue weighted by Gasteiger charge is -2.56. The second-order valence-electron chi connectivity index (χ2n) is 16.0. The van der Waals surface area contributed by atoms with Gasteiger partial charge >= 0.3 is 11.9 Å². The zero-order chi connectivity index (χ0) is 37.8. The van der Waals surface area contributed by atoms with Crippen LogP contribution in [0, 0.1) is 23.7 Å². The van der Waals surface area contributed by atoms with E-state index in [0.717, 1.165) is 62.7 Å². The number of nitrogens with one attached hydrogen (secondary N) is 1. The molecule has 1 unspecified atom stereocenters. The molecule has 10 atom stereocenters. The Morgan fingerprint density at radius 1 is 1.04 bits per heavy atom. The van der Waals surface area contributed by atoms with Crippen molar-refractivity contribution in [2.75, 3.05) is 44.8 Å². The predicted octanol–water partition coefficient (Wildman–Crippen LogP) is 4.90. The number of esters is 2. The van der Waals surface area contributed by atoms with E-state index in [2.05, 4.69) is 40.2 Å². The summed E-state index contributed by atoms with van der Waals surface area (Å²) in [5, 5.41) is 30.6. The van der Waals surface area contributed by atoms with E-state index in [9.17, 15) is 19.8 Å². The van der Waals surface area contributed by atoms with E-state index in [-0.39, 0.29) is 30.1 Å². The maximum atomic E-state index is 14.2. The van der Waals surface area contributed by atoms with Crippen LogP contribution in [0.2, 0.25) is 10.0 Å². The number of para-hydroxylation sites is 1. The van der Waals surface area contributed by atoms with Crippen molar-refractivity contribution in [3.63, 3.8) is 0 Å². The lowest BCUT2D eigenvalue weighted by atomic mass is 9.55. The van der Waals surface area contributed by atoms with Crippen LogP contribution in [0.25, 0.3) is 0 Å². The van der Waals surface area contributed by atoms with Crippen molar-refractivity contribution in [2.24, 2.45) is 23.7 Å². The van der Waals surface area contributed by atoms with Crippen LogP contribution in [0.15, 0.2) is 54.1 Å². The molecule has 53 heavy (non-hydrogen) atoms. The molecular weight excluding hydrogens is 719 g/mol. The Morgan fingerprint density at radius 2 is 1.74 bits per heavy atom. The quantitative estimate of drug-likeness (QED) is 0.251. The van der Waals surface area contributed by atoms with Crippen LogP contribution in [0.1, 0.15) is 58.1 Å².